The van der Waals surface area contributed by atoms with E-state index in [0.29, 0.717) is 19.5 Å². The largest absolute Gasteiger partial charge is 0.356 e. The van der Waals surface area contributed by atoms with Crippen LogP contribution < -0.4 is 10.6 Å². The van der Waals surface area contributed by atoms with Gasteiger partial charge in [-0.15, -0.1) is 0 Å². The molecule has 0 bridgehead atoms. The molecule has 0 unspecified atom stereocenters. The summed E-state index contributed by atoms with van der Waals surface area (Å²) in [6.07, 6.45) is 3.28. The van der Waals surface area contributed by atoms with E-state index < -0.39 is 0 Å². The van der Waals surface area contributed by atoms with Gasteiger partial charge in [-0.1, -0.05) is 30.2 Å². The van der Waals surface area contributed by atoms with Crippen LogP contribution in [0.2, 0.25) is 0 Å². The normalized spacial score (nSPS) is 10.2. The van der Waals surface area contributed by atoms with Crippen LogP contribution in [0.15, 0.2) is 18.2 Å². The standard InChI is InChI=1S/C17H26N2O2/c1-13-8-9-16(14(2)11-13)12-19-17(21)7-5-4-6-10-18-15(3)20/h8-9,11H,4-7,10,12H2,1-3H3,(H,18,20)(H,19,21). The molecule has 1 aromatic carbocycles. The molecule has 21 heavy (non-hydrogen) atoms. The van der Waals surface area contributed by atoms with Gasteiger partial charge in [0.15, 0.2) is 0 Å². The molecule has 116 valence electrons. The number of unbranched alkanes of at least 4 members (excludes halogenated alkanes) is 2. The summed E-state index contributed by atoms with van der Waals surface area (Å²) in [7, 11) is 0. The summed E-state index contributed by atoms with van der Waals surface area (Å²) >= 11 is 0. The van der Waals surface area contributed by atoms with Gasteiger partial charge in [0.05, 0.1) is 0 Å². The van der Waals surface area contributed by atoms with Gasteiger partial charge >= 0.3 is 0 Å². The number of carbonyl (C=O) groups is 2. The van der Waals surface area contributed by atoms with E-state index in [0.717, 1.165) is 19.3 Å². The smallest absolute Gasteiger partial charge is 0.220 e. The summed E-state index contributed by atoms with van der Waals surface area (Å²) in [6, 6.07) is 6.26. The summed E-state index contributed by atoms with van der Waals surface area (Å²) in [5.41, 5.74) is 3.62. The molecular weight excluding hydrogens is 264 g/mol. The molecule has 0 aromatic heterocycles. The predicted molar refractivity (Wildman–Crippen MR) is 84.9 cm³/mol. The van der Waals surface area contributed by atoms with Gasteiger partial charge in [-0.25, -0.2) is 0 Å². The molecule has 1 rings (SSSR count). The number of carbonyl (C=O) groups excluding carboxylic acids is 2. The first-order valence-electron chi connectivity index (χ1n) is 7.56. The number of amides is 2. The summed E-state index contributed by atoms with van der Waals surface area (Å²) in [5.74, 6) is 0.0933. The Hall–Kier alpha value is -1.84. The summed E-state index contributed by atoms with van der Waals surface area (Å²) in [5, 5.41) is 5.71. The molecule has 0 atom stereocenters. The highest BCUT2D eigenvalue weighted by molar-refractivity contribution is 5.75. The third-order valence-corrected chi connectivity index (χ3v) is 3.43. The Morgan fingerprint density at radius 3 is 2.48 bits per heavy atom. The van der Waals surface area contributed by atoms with Crippen molar-refractivity contribution >= 4 is 11.8 Å². The maximum absolute atomic E-state index is 11.8. The molecule has 4 nitrogen and oxygen atoms in total. The fraction of sp³-hybridized carbons (Fsp3) is 0.529. The van der Waals surface area contributed by atoms with Gasteiger partial charge in [0.25, 0.3) is 0 Å². The fourth-order valence-corrected chi connectivity index (χ4v) is 2.18. The Kier molecular flexibility index (Phi) is 7.51. The summed E-state index contributed by atoms with van der Waals surface area (Å²) in [4.78, 5) is 22.4. The van der Waals surface area contributed by atoms with Crippen LogP contribution in [-0.2, 0) is 16.1 Å². The minimum Gasteiger partial charge on any atom is -0.356 e. The third kappa shape index (κ3) is 7.49. The van der Waals surface area contributed by atoms with Crippen LogP contribution in [-0.4, -0.2) is 18.4 Å². The van der Waals surface area contributed by atoms with E-state index in [1.165, 1.54) is 23.6 Å². The molecule has 0 aliphatic carbocycles. The molecule has 0 radical (unpaired) electrons. The second kappa shape index (κ2) is 9.16. The van der Waals surface area contributed by atoms with Crippen LogP contribution >= 0.6 is 0 Å². The van der Waals surface area contributed by atoms with E-state index in [2.05, 4.69) is 42.7 Å². The van der Waals surface area contributed by atoms with Crippen LogP contribution in [0.25, 0.3) is 0 Å². The minimum atomic E-state index is 0.00112. The van der Waals surface area contributed by atoms with Crippen molar-refractivity contribution in [3.8, 4) is 0 Å². The predicted octanol–water partition coefficient (Wildman–Crippen LogP) is 2.62. The van der Waals surface area contributed by atoms with Gasteiger partial charge in [-0.2, -0.15) is 0 Å². The van der Waals surface area contributed by atoms with Crippen molar-refractivity contribution in [2.24, 2.45) is 0 Å². The van der Waals surface area contributed by atoms with Crippen molar-refractivity contribution in [3.63, 3.8) is 0 Å². The molecule has 0 spiro atoms. The second-order valence-corrected chi connectivity index (χ2v) is 5.50. The monoisotopic (exact) mass is 290 g/mol. The zero-order chi connectivity index (χ0) is 15.7. The molecule has 2 amide bonds. The van der Waals surface area contributed by atoms with Crippen molar-refractivity contribution in [2.45, 2.75) is 53.0 Å². The SMILES string of the molecule is CC(=O)NCCCCCC(=O)NCc1ccc(C)cc1C. The first-order valence-corrected chi connectivity index (χ1v) is 7.56. The minimum absolute atomic E-state index is 0.00112. The number of hydrogen-bond acceptors (Lipinski definition) is 2. The van der Waals surface area contributed by atoms with Crippen molar-refractivity contribution in [3.05, 3.63) is 34.9 Å². The van der Waals surface area contributed by atoms with Crippen LogP contribution in [0.5, 0.6) is 0 Å². The molecule has 1 aromatic rings. The molecule has 4 heteroatoms. The first-order chi connectivity index (χ1) is 9.99. The Morgan fingerprint density at radius 1 is 1.05 bits per heavy atom. The second-order valence-electron chi connectivity index (χ2n) is 5.50. The highest BCUT2D eigenvalue weighted by Crippen LogP contribution is 2.10. The lowest BCUT2D eigenvalue weighted by atomic mass is 10.1. The molecule has 0 saturated heterocycles. The zero-order valence-corrected chi connectivity index (χ0v) is 13.3. The number of hydrogen-bond donors (Lipinski definition) is 2. The molecule has 0 aliphatic rings. The van der Waals surface area contributed by atoms with Crippen molar-refractivity contribution in [2.75, 3.05) is 6.54 Å². The average molecular weight is 290 g/mol. The van der Waals surface area contributed by atoms with Crippen molar-refractivity contribution < 1.29 is 9.59 Å². The van der Waals surface area contributed by atoms with Crippen LogP contribution in [0.4, 0.5) is 0 Å². The Morgan fingerprint density at radius 2 is 1.81 bits per heavy atom. The van der Waals surface area contributed by atoms with Crippen LogP contribution in [0, 0.1) is 13.8 Å². The molecule has 0 aliphatic heterocycles. The average Bonchev–Trinajstić information content (AvgIpc) is 2.41. The Labute approximate surface area is 127 Å². The zero-order valence-electron chi connectivity index (χ0n) is 13.3. The lowest BCUT2D eigenvalue weighted by Crippen LogP contribution is -2.23. The van der Waals surface area contributed by atoms with E-state index >= 15 is 0 Å². The highest BCUT2D eigenvalue weighted by atomic mass is 16.2. The molecule has 0 heterocycles. The number of rotatable bonds is 8. The lowest BCUT2D eigenvalue weighted by Gasteiger charge is -2.09. The number of benzene rings is 1. The maximum Gasteiger partial charge on any atom is 0.220 e. The Balaban J connectivity index is 2.15. The van der Waals surface area contributed by atoms with Gasteiger partial charge in [-0.05, 0) is 37.8 Å². The van der Waals surface area contributed by atoms with Crippen LogP contribution in [0.3, 0.4) is 0 Å². The Bertz CT molecular complexity index is 484. The van der Waals surface area contributed by atoms with E-state index in [-0.39, 0.29) is 11.8 Å². The topological polar surface area (TPSA) is 58.2 Å². The van der Waals surface area contributed by atoms with Gasteiger partial charge in [0.1, 0.15) is 0 Å². The van der Waals surface area contributed by atoms with Crippen molar-refractivity contribution in [1.82, 2.24) is 10.6 Å². The molecular formula is C17H26N2O2. The van der Waals surface area contributed by atoms with Gasteiger partial charge in [0.2, 0.25) is 11.8 Å². The lowest BCUT2D eigenvalue weighted by molar-refractivity contribution is -0.121. The fourth-order valence-electron chi connectivity index (χ4n) is 2.18. The summed E-state index contributed by atoms with van der Waals surface area (Å²) < 4.78 is 0. The van der Waals surface area contributed by atoms with E-state index in [1.807, 2.05) is 0 Å². The molecule has 0 saturated carbocycles. The first kappa shape index (κ1) is 17.2. The van der Waals surface area contributed by atoms with E-state index in [9.17, 15) is 9.59 Å². The van der Waals surface area contributed by atoms with Gasteiger partial charge < -0.3 is 10.6 Å². The van der Waals surface area contributed by atoms with Gasteiger partial charge in [-0.3, -0.25) is 9.59 Å². The summed E-state index contributed by atoms with van der Waals surface area (Å²) in [6.45, 7) is 6.93. The van der Waals surface area contributed by atoms with E-state index in [4.69, 9.17) is 0 Å². The number of aryl methyl sites for hydroxylation is 2. The highest BCUT2D eigenvalue weighted by Gasteiger charge is 2.03. The van der Waals surface area contributed by atoms with Crippen molar-refractivity contribution in [1.29, 1.82) is 0 Å². The van der Waals surface area contributed by atoms with Gasteiger partial charge in [0, 0.05) is 26.4 Å². The molecule has 2 N–H and O–H groups in total. The van der Waals surface area contributed by atoms with E-state index in [1.54, 1.807) is 0 Å². The van der Waals surface area contributed by atoms with Crippen LogP contribution in [0.1, 0.15) is 49.3 Å². The molecule has 0 fully saturated rings. The third-order valence-electron chi connectivity index (χ3n) is 3.43. The quantitative estimate of drug-likeness (QED) is 0.723. The maximum atomic E-state index is 11.8. The number of nitrogens with one attached hydrogen (secondary N) is 2.